The molecule has 3 atom stereocenters. The summed E-state index contributed by atoms with van der Waals surface area (Å²) in [5, 5.41) is 14.6. The van der Waals surface area contributed by atoms with Crippen molar-refractivity contribution in [3.8, 4) is 0 Å². The fourth-order valence-corrected chi connectivity index (χ4v) is 6.42. The molecule has 2 aromatic rings. The van der Waals surface area contributed by atoms with Gasteiger partial charge in [-0.15, -0.1) is 0 Å². The van der Waals surface area contributed by atoms with Gasteiger partial charge < -0.3 is 14.8 Å². The molecule has 0 bridgehead atoms. The van der Waals surface area contributed by atoms with E-state index in [2.05, 4.69) is 34.5 Å². The van der Waals surface area contributed by atoms with Gasteiger partial charge in [-0.05, 0) is 49.7 Å². The van der Waals surface area contributed by atoms with Crippen molar-refractivity contribution < 1.29 is 24.0 Å². The van der Waals surface area contributed by atoms with Crippen LogP contribution in [-0.4, -0.2) is 48.1 Å². The minimum absolute atomic E-state index is 0.123. The zero-order valence-corrected chi connectivity index (χ0v) is 22.4. The molecule has 2 aliphatic heterocycles. The zero-order chi connectivity index (χ0) is 27.7. The third-order valence-corrected chi connectivity index (χ3v) is 8.11. The first-order valence-corrected chi connectivity index (χ1v) is 13.2. The number of hydrogen-bond donors (Lipinski definition) is 1. The van der Waals surface area contributed by atoms with Gasteiger partial charge in [0.2, 0.25) is 0 Å². The Bertz CT molecular complexity index is 1340. The number of carbonyl (C=O) groups is 2. The molecule has 9 heteroatoms. The molecule has 0 radical (unpaired) electrons. The second-order valence-corrected chi connectivity index (χ2v) is 10.7. The van der Waals surface area contributed by atoms with Gasteiger partial charge in [-0.3, -0.25) is 15.0 Å². The van der Waals surface area contributed by atoms with Crippen LogP contribution in [0.2, 0.25) is 0 Å². The smallest absolute Gasteiger partial charge is 0.337 e. The van der Waals surface area contributed by atoms with Gasteiger partial charge in [0, 0.05) is 43.2 Å². The van der Waals surface area contributed by atoms with Crippen molar-refractivity contribution in [2.75, 3.05) is 20.2 Å². The van der Waals surface area contributed by atoms with Crippen LogP contribution in [0, 0.1) is 22.0 Å². The molecule has 3 unspecified atom stereocenters. The Kier molecular flexibility index (Phi) is 7.52. The van der Waals surface area contributed by atoms with Crippen LogP contribution < -0.4 is 5.32 Å². The van der Waals surface area contributed by atoms with Gasteiger partial charge in [0.05, 0.1) is 29.1 Å². The van der Waals surface area contributed by atoms with E-state index >= 15 is 0 Å². The first kappa shape index (κ1) is 26.6. The minimum atomic E-state index is -0.853. The van der Waals surface area contributed by atoms with Crippen LogP contribution >= 0.6 is 0 Å². The zero-order valence-electron chi connectivity index (χ0n) is 22.4. The Morgan fingerprint density at radius 3 is 2.23 bits per heavy atom. The molecule has 1 saturated heterocycles. The number of nitro benzene ring substituents is 1. The molecule has 0 spiro atoms. The van der Waals surface area contributed by atoms with Crippen molar-refractivity contribution in [2.24, 2.45) is 11.8 Å². The summed E-state index contributed by atoms with van der Waals surface area (Å²) in [6, 6.07) is 16.4. The molecule has 3 aliphatic rings. The van der Waals surface area contributed by atoms with E-state index in [1.165, 1.54) is 24.8 Å². The molecule has 0 amide bonds. The van der Waals surface area contributed by atoms with Gasteiger partial charge in [0.1, 0.15) is 6.10 Å². The fraction of sp³-hybridized carbons (Fsp3) is 0.400. The number of likely N-dealkylation sites (tertiary alicyclic amines) is 1. The van der Waals surface area contributed by atoms with Crippen molar-refractivity contribution in [2.45, 2.75) is 45.3 Å². The van der Waals surface area contributed by atoms with Crippen LogP contribution in [-0.2, 0) is 25.6 Å². The highest BCUT2D eigenvalue weighted by Crippen LogP contribution is 2.43. The number of hydrogen-bond acceptors (Lipinski definition) is 8. The summed E-state index contributed by atoms with van der Waals surface area (Å²) in [7, 11) is 1.27. The van der Waals surface area contributed by atoms with E-state index in [-0.39, 0.29) is 22.9 Å². The number of nitro groups is 1. The van der Waals surface area contributed by atoms with Crippen molar-refractivity contribution in [3.63, 3.8) is 0 Å². The highest BCUT2D eigenvalue weighted by atomic mass is 16.6. The molecular formula is C30H33N3O6. The molecule has 2 heterocycles. The lowest BCUT2D eigenvalue weighted by atomic mass is 9.80. The Morgan fingerprint density at radius 1 is 0.974 bits per heavy atom. The molecule has 1 N–H and O–H groups in total. The Morgan fingerprint density at radius 2 is 1.62 bits per heavy atom. The second-order valence-electron chi connectivity index (χ2n) is 10.7. The predicted molar refractivity (Wildman–Crippen MR) is 144 cm³/mol. The first-order chi connectivity index (χ1) is 18.7. The predicted octanol–water partition coefficient (Wildman–Crippen LogP) is 4.46. The minimum Gasteiger partial charge on any atom is -0.466 e. The number of allylic oxidation sites excluding steroid dienone is 2. The van der Waals surface area contributed by atoms with Gasteiger partial charge in [0.25, 0.3) is 5.69 Å². The normalized spacial score (nSPS) is 24.8. The SMILES string of the molecule is COC(=O)C1=C(C)NC(C)=C(C(=O)OC2CC3CN(Cc4ccccc4)CC3C2)C1c1cccc([N+](=O)[O-])c1. The highest BCUT2D eigenvalue weighted by Gasteiger charge is 2.44. The number of nitrogens with one attached hydrogen (secondary N) is 1. The number of non-ortho nitro benzene ring substituents is 1. The van der Waals surface area contributed by atoms with E-state index < -0.39 is 22.8 Å². The van der Waals surface area contributed by atoms with E-state index in [0.717, 1.165) is 32.5 Å². The molecule has 9 nitrogen and oxygen atoms in total. The van der Waals surface area contributed by atoms with E-state index in [4.69, 9.17) is 9.47 Å². The maximum Gasteiger partial charge on any atom is 0.337 e. The topological polar surface area (TPSA) is 111 Å². The summed E-state index contributed by atoms with van der Waals surface area (Å²) in [5.74, 6) is -1.05. The lowest BCUT2D eigenvalue weighted by Gasteiger charge is -2.31. The van der Waals surface area contributed by atoms with E-state index in [0.29, 0.717) is 28.8 Å². The molecule has 0 aromatic heterocycles. The Labute approximate surface area is 227 Å². The van der Waals surface area contributed by atoms with Gasteiger partial charge in [0.15, 0.2) is 0 Å². The maximum atomic E-state index is 13.7. The van der Waals surface area contributed by atoms with Crippen molar-refractivity contribution in [1.29, 1.82) is 0 Å². The molecule has 2 fully saturated rings. The molecule has 2 aromatic carbocycles. The van der Waals surface area contributed by atoms with Crippen molar-refractivity contribution in [3.05, 3.63) is 98.4 Å². The molecule has 5 rings (SSSR count). The van der Waals surface area contributed by atoms with Crippen LogP contribution in [0.3, 0.4) is 0 Å². The summed E-state index contributed by atoms with van der Waals surface area (Å²) in [6.45, 7) is 6.34. The van der Waals surface area contributed by atoms with E-state index in [1.54, 1.807) is 26.0 Å². The number of benzene rings is 2. The molecule has 1 saturated carbocycles. The first-order valence-electron chi connectivity index (χ1n) is 13.2. The number of dihydropyridines is 1. The number of esters is 2. The average Bonchev–Trinajstić information content (AvgIpc) is 3.46. The van der Waals surface area contributed by atoms with E-state index in [1.807, 2.05) is 6.07 Å². The number of nitrogens with zero attached hydrogens (tertiary/aromatic N) is 2. The number of methoxy groups -OCH3 is 1. The lowest BCUT2D eigenvalue weighted by Crippen LogP contribution is -2.33. The third-order valence-electron chi connectivity index (χ3n) is 8.11. The van der Waals surface area contributed by atoms with Gasteiger partial charge >= 0.3 is 11.9 Å². The second kappa shape index (κ2) is 11.0. The molecule has 39 heavy (non-hydrogen) atoms. The molecule has 1 aliphatic carbocycles. The van der Waals surface area contributed by atoms with Crippen LogP contribution in [0.5, 0.6) is 0 Å². The summed E-state index contributed by atoms with van der Waals surface area (Å²) >= 11 is 0. The maximum absolute atomic E-state index is 13.7. The monoisotopic (exact) mass is 531 g/mol. The third kappa shape index (κ3) is 5.45. The summed E-state index contributed by atoms with van der Waals surface area (Å²) in [6.07, 6.45) is 1.37. The van der Waals surface area contributed by atoms with Crippen LogP contribution in [0.1, 0.15) is 43.7 Å². The van der Waals surface area contributed by atoms with Crippen molar-refractivity contribution in [1.82, 2.24) is 10.2 Å². The number of fused-ring (bicyclic) bond motifs is 1. The van der Waals surface area contributed by atoms with Crippen LogP contribution in [0.15, 0.2) is 77.1 Å². The van der Waals surface area contributed by atoms with E-state index in [9.17, 15) is 19.7 Å². The molecule has 204 valence electrons. The average molecular weight is 532 g/mol. The summed E-state index contributed by atoms with van der Waals surface area (Å²) in [5.41, 5.74) is 3.21. The quantitative estimate of drug-likeness (QED) is 0.317. The fourth-order valence-electron chi connectivity index (χ4n) is 6.42. The number of carbonyl (C=O) groups excluding carboxylic acids is 2. The largest absolute Gasteiger partial charge is 0.466 e. The lowest BCUT2D eigenvalue weighted by molar-refractivity contribution is -0.384. The van der Waals surface area contributed by atoms with Gasteiger partial charge in [-0.2, -0.15) is 0 Å². The van der Waals surface area contributed by atoms with Crippen LogP contribution in [0.25, 0.3) is 0 Å². The number of ether oxygens (including phenoxy) is 2. The highest BCUT2D eigenvalue weighted by molar-refractivity contribution is 6.00. The summed E-state index contributed by atoms with van der Waals surface area (Å²) in [4.78, 5) is 40.0. The molecular weight excluding hydrogens is 498 g/mol. The standard InChI is InChI=1S/C30H33N3O6/c1-18-26(29(34)38-3)28(21-10-7-11-24(12-21)33(36)37)27(19(2)31-18)30(35)39-25-13-22-16-32(17-23(22)14-25)15-20-8-5-4-6-9-20/h4-12,22-23,25,28,31H,13-17H2,1-3H3. The van der Waals surface area contributed by atoms with Crippen molar-refractivity contribution >= 4 is 17.6 Å². The number of rotatable bonds is 7. The Balaban J connectivity index is 1.34. The summed E-state index contributed by atoms with van der Waals surface area (Å²) < 4.78 is 11.1. The van der Waals surface area contributed by atoms with Gasteiger partial charge in [-0.1, -0.05) is 42.5 Å². The van der Waals surface area contributed by atoms with Crippen LogP contribution in [0.4, 0.5) is 5.69 Å². The Hall–Kier alpha value is -3.98. The van der Waals surface area contributed by atoms with Gasteiger partial charge in [-0.25, -0.2) is 9.59 Å².